The van der Waals surface area contributed by atoms with Gasteiger partial charge in [-0.15, -0.1) is 11.3 Å². The minimum Gasteiger partial charge on any atom is -0.396 e. The van der Waals surface area contributed by atoms with E-state index < -0.39 is 6.10 Å². The van der Waals surface area contributed by atoms with Gasteiger partial charge in [0.25, 0.3) is 0 Å². The highest BCUT2D eigenvalue weighted by Crippen LogP contribution is 2.37. The zero-order valence-corrected chi connectivity index (χ0v) is 18.8. The third kappa shape index (κ3) is 4.79. The maximum absolute atomic E-state index is 10.2. The van der Waals surface area contributed by atoms with Crippen LogP contribution in [-0.2, 0) is 4.74 Å². The van der Waals surface area contributed by atoms with Gasteiger partial charge in [-0.25, -0.2) is 9.97 Å². The molecular formula is C22H29N5O3S. The Kier molecular flexibility index (Phi) is 6.66. The van der Waals surface area contributed by atoms with Crippen molar-refractivity contribution in [1.82, 2.24) is 15.0 Å². The summed E-state index contributed by atoms with van der Waals surface area (Å²) in [4.78, 5) is 14.2. The number of thiazole rings is 1. The van der Waals surface area contributed by atoms with Crippen molar-refractivity contribution in [2.24, 2.45) is 5.92 Å². The normalized spacial score (nSPS) is 22.0. The van der Waals surface area contributed by atoms with Gasteiger partial charge in [0.1, 0.15) is 10.8 Å². The van der Waals surface area contributed by atoms with Gasteiger partial charge in [0, 0.05) is 32.2 Å². The number of hydrogen-bond donors (Lipinski definition) is 4. The van der Waals surface area contributed by atoms with Gasteiger partial charge in [0.05, 0.1) is 33.7 Å². The molecule has 1 aliphatic rings. The van der Waals surface area contributed by atoms with Gasteiger partial charge in [-0.2, -0.15) is 4.98 Å². The number of fused-ring (bicyclic) bond motifs is 1. The molecule has 1 aromatic carbocycles. The van der Waals surface area contributed by atoms with Gasteiger partial charge in [-0.1, -0.05) is 12.1 Å². The van der Waals surface area contributed by atoms with Crippen molar-refractivity contribution in [2.45, 2.75) is 44.9 Å². The molecule has 4 N–H and O–H groups in total. The number of aryl methyl sites for hydroxylation is 1. The molecule has 31 heavy (non-hydrogen) atoms. The van der Waals surface area contributed by atoms with Crippen LogP contribution in [0.2, 0.25) is 0 Å². The molecule has 4 rings (SSSR count). The number of rotatable bonds is 8. The Hall–Kier alpha value is -2.33. The SMILES string of the molecule is CO[C@H](C)CNc1nc(C)c(-c2nc3ccccc3s2)c(N[C@@H]2C[C@H](CO)[C@@H](O)C2)n1. The summed E-state index contributed by atoms with van der Waals surface area (Å²) >= 11 is 1.61. The smallest absolute Gasteiger partial charge is 0.224 e. The van der Waals surface area contributed by atoms with Crippen LogP contribution in [0.4, 0.5) is 11.8 Å². The number of aromatic nitrogens is 3. The van der Waals surface area contributed by atoms with Gasteiger partial charge in [-0.3, -0.25) is 0 Å². The van der Waals surface area contributed by atoms with Crippen LogP contribution < -0.4 is 10.6 Å². The topological polar surface area (TPSA) is 112 Å². The van der Waals surface area contributed by atoms with E-state index >= 15 is 0 Å². The highest BCUT2D eigenvalue weighted by Gasteiger charge is 2.33. The number of aliphatic hydroxyl groups is 2. The Morgan fingerprint density at radius 3 is 2.74 bits per heavy atom. The van der Waals surface area contributed by atoms with Crippen LogP contribution in [0, 0.1) is 12.8 Å². The molecule has 8 nitrogen and oxygen atoms in total. The van der Waals surface area contributed by atoms with Crippen LogP contribution >= 0.6 is 11.3 Å². The lowest BCUT2D eigenvalue weighted by molar-refractivity contribution is 0.0908. The summed E-state index contributed by atoms with van der Waals surface area (Å²) in [5.74, 6) is 1.09. The summed E-state index contributed by atoms with van der Waals surface area (Å²) in [7, 11) is 1.67. The van der Waals surface area contributed by atoms with Crippen molar-refractivity contribution in [2.75, 3.05) is 30.9 Å². The molecule has 0 unspecified atom stereocenters. The molecule has 0 bridgehead atoms. The van der Waals surface area contributed by atoms with Crippen molar-refractivity contribution >= 4 is 33.3 Å². The summed E-state index contributed by atoms with van der Waals surface area (Å²) in [6, 6.07) is 8.06. The van der Waals surface area contributed by atoms with Crippen LogP contribution in [-0.4, -0.2) is 63.7 Å². The Labute approximate surface area is 185 Å². The van der Waals surface area contributed by atoms with Crippen molar-refractivity contribution in [3.63, 3.8) is 0 Å². The van der Waals surface area contributed by atoms with Gasteiger partial charge >= 0.3 is 0 Å². The van der Waals surface area contributed by atoms with E-state index in [1.807, 2.05) is 32.0 Å². The molecule has 1 saturated carbocycles. The van der Waals surface area contributed by atoms with Crippen LogP contribution in [0.1, 0.15) is 25.5 Å². The van der Waals surface area contributed by atoms with E-state index in [-0.39, 0.29) is 24.7 Å². The second kappa shape index (κ2) is 9.44. The molecular weight excluding hydrogens is 414 g/mol. The Morgan fingerprint density at radius 1 is 1.23 bits per heavy atom. The van der Waals surface area contributed by atoms with Crippen LogP contribution in [0.25, 0.3) is 20.8 Å². The summed E-state index contributed by atoms with van der Waals surface area (Å²) in [5, 5.41) is 27.4. The largest absolute Gasteiger partial charge is 0.396 e. The number of nitrogens with zero attached hydrogens (tertiary/aromatic N) is 3. The van der Waals surface area contributed by atoms with E-state index in [9.17, 15) is 10.2 Å². The molecule has 2 aromatic heterocycles. The van der Waals surface area contributed by atoms with E-state index in [1.165, 1.54) is 0 Å². The number of hydrogen-bond acceptors (Lipinski definition) is 9. The molecule has 2 heterocycles. The van der Waals surface area contributed by atoms with E-state index in [0.717, 1.165) is 26.5 Å². The van der Waals surface area contributed by atoms with Crippen LogP contribution in [0.15, 0.2) is 24.3 Å². The molecule has 1 aliphatic carbocycles. The summed E-state index contributed by atoms with van der Waals surface area (Å²) in [6.07, 6.45) is 0.761. The Morgan fingerprint density at radius 2 is 2.03 bits per heavy atom. The second-order valence-corrected chi connectivity index (χ2v) is 9.12. The molecule has 0 amide bonds. The number of benzene rings is 1. The predicted molar refractivity (Wildman–Crippen MR) is 124 cm³/mol. The standard InChI is InChI=1S/C22H29N5O3S/c1-12(30-3)10-23-22-24-13(2)19(21-26-16-6-4-5-7-18(16)31-21)20(27-22)25-15-8-14(11-28)17(29)9-15/h4-7,12,14-15,17,28-29H,8-11H2,1-3H3,(H2,23,24,25,27)/t12-,14-,15-,17+/m1/s1. The molecule has 3 aromatic rings. The molecule has 4 atom stereocenters. The molecule has 9 heteroatoms. The maximum Gasteiger partial charge on any atom is 0.224 e. The first-order valence-electron chi connectivity index (χ1n) is 10.5. The second-order valence-electron chi connectivity index (χ2n) is 8.09. The third-order valence-electron chi connectivity index (χ3n) is 5.78. The van der Waals surface area contributed by atoms with E-state index in [4.69, 9.17) is 14.7 Å². The number of para-hydroxylation sites is 1. The van der Waals surface area contributed by atoms with Gasteiger partial charge < -0.3 is 25.6 Å². The van der Waals surface area contributed by atoms with Crippen LogP contribution in [0.5, 0.6) is 0 Å². The molecule has 166 valence electrons. The molecule has 0 aliphatic heterocycles. The highest BCUT2D eigenvalue weighted by molar-refractivity contribution is 7.21. The number of aliphatic hydroxyl groups excluding tert-OH is 2. The number of nitrogens with one attached hydrogen (secondary N) is 2. The first-order valence-corrected chi connectivity index (χ1v) is 11.4. The summed E-state index contributed by atoms with van der Waals surface area (Å²) < 4.78 is 6.42. The lowest BCUT2D eigenvalue weighted by Crippen LogP contribution is -2.22. The average molecular weight is 444 g/mol. The monoisotopic (exact) mass is 443 g/mol. The van der Waals surface area contributed by atoms with E-state index in [1.54, 1.807) is 18.4 Å². The fourth-order valence-corrected chi connectivity index (χ4v) is 4.98. The maximum atomic E-state index is 10.2. The zero-order chi connectivity index (χ0) is 22.0. The molecule has 0 radical (unpaired) electrons. The first-order chi connectivity index (χ1) is 15.0. The number of ether oxygens (including phenoxy) is 1. The minimum absolute atomic E-state index is 0.0142. The third-order valence-corrected chi connectivity index (χ3v) is 6.83. The number of methoxy groups -OCH3 is 1. The summed E-state index contributed by atoms with van der Waals surface area (Å²) in [6.45, 7) is 4.50. The van der Waals surface area contributed by atoms with E-state index in [0.29, 0.717) is 31.2 Å². The lowest BCUT2D eigenvalue weighted by Gasteiger charge is -2.19. The lowest BCUT2D eigenvalue weighted by atomic mass is 10.1. The van der Waals surface area contributed by atoms with Gasteiger partial charge in [0.2, 0.25) is 5.95 Å². The Bertz CT molecular complexity index is 1010. The molecule has 0 spiro atoms. The van der Waals surface area contributed by atoms with Crippen LogP contribution in [0.3, 0.4) is 0 Å². The highest BCUT2D eigenvalue weighted by atomic mass is 32.1. The quantitative estimate of drug-likeness (QED) is 0.420. The van der Waals surface area contributed by atoms with Crippen molar-refractivity contribution in [1.29, 1.82) is 0 Å². The number of anilines is 2. The minimum atomic E-state index is -0.517. The van der Waals surface area contributed by atoms with Crippen molar-refractivity contribution in [3.05, 3.63) is 30.0 Å². The van der Waals surface area contributed by atoms with E-state index in [2.05, 4.69) is 21.7 Å². The van der Waals surface area contributed by atoms with Crippen molar-refractivity contribution < 1.29 is 14.9 Å². The first kappa shape index (κ1) is 21.9. The predicted octanol–water partition coefficient (Wildman–Crippen LogP) is 3.05. The fourth-order valence-electron chi connectivity index (χ4n) is 3.92. The molecule has 1 fully saturated rings. The summed E-state index contributed by atoms with van der Waals surface area (Å²) in [5.41, 5.74) is 2.63. The van der Waals surface area contributed by atoms with Crippen molar-refractivity contribution in [3.8, 4) is 10.6 Å². The fraction of sp³-hybridized carbons (Fsp3) is 0.500. The zero-order valence-electron chi connectivity index (χ0n) is 18.0. The molecule has 0 saturated heterocycles. The Balaban J connectivity index is 1.70. The van der Waals surface area contributed by atoms with Gasteiger partial charge in [0.15, 0.2) is 0 Å². The van der Waals surface area contributed by atoms with Gasteiger partial charge in [-0.05, 0) is 38.8 Å². The average Bonchev–Trinajstić information content (AvgIpc) is 3.34.